The summed E-state index contributed by atoms with van der Waals surface area (Å²) in [4.78, 5) is 19.7. The monoisotopic (exact) mass is 441 g/mol. The molecule has 33 heavy (non-hydrogen) atoms. The van der Waals surface area contributed by atoms with Crippen LogP contribution in [0.3, 0.4) is 0 Å². The Morgan fingerprint density at radius 3 is 2.58 bits per heavy atom. The zero-order valence-corrected chi connectivity index (χ0v) is 18.6. The van der Waals surface area contributed by atoms with Crippen LogP contribution in [0.1, 0.15) is 24.1 Å². The molecule has 2 bridgehead atoms. The fraction of sp³-hybridized carbons (Fsp3) is 0.269. The van der Waals surface area contributed by atoms with E-state index in [4.69, 9.17) is 10.5 Å². The Balaban J connectivity index is 1.48. The van der Waals surface area contributed by atoms with E-state index in [9.17, 15) is 4.79 Å². The molecule has 0 aliphatic carbocycles. The Kier molecular flexibility index (Phi) is 5.79. The van der Waals surface area contributed by atoms with E-state index in [1.54, 1.807) is 17.0 Å². The second-order valence-corrected chi connectivity index (χ2v) is 8.50. The summed E-state index contributed by atoms with van der Waals surface area (Å²) < 4.78 is 7.70. The van der Waals surface area contributed by atoms with Crippen molar-refractivity contribution < 1.29 is 4.74 Å². The highest BCUT2D eigenvalue weighted by Gasteiger charge is 2.33. The van der Waals surface area contributed by atoms with Gasteiger partial charge in [0, 0.05) is 31.0 Å². The zero-order valence-electron chi connectivity index (χ0n) is 18.6. The number of hydrogen-bond donors (Lipinski definition) is 1. The molecule has 0 spiro atoms. The number of nitrogens with zero attached hydrogens (tertiary/aromatic N) is 4. The predicted octanol–water partition coefficient (Wildman–Crippen LogP) is 3.50. The normalized spacial score (nSPS) is 20.5. The van der Waals surface area contributed by atoms with E-state index in [1.807, 2.05) is 30.3 Å². The van der Waals surface area contributed by atoms with Crippen molar-refractivity contribution in [2.45, 2.75) is 32.0 Å². The van der Waals surface area contributed by atoms with Crippen molar-refractivity contribution >= 4 is 17.1 Å². The smallest absolute Gasteiger partial charge is 0.209 e. The molecule has 2 aliphatic rings. The number of rotatable bonds is 5. The summed E-state index contributed by atoms with van der Waals surface area (Å²) in [7, 11) is 0. The predicted molar refractivity (Wildman–Crippen MR) is 131 cm³/mol. The van der Waals surface area contributed by atoms with Crippen molar-refractivity contribution in [2.24, 2.45) is 10.7 Å². The fourth-order valence-corrected chi connectivity index (χ4v) is 4.54. The number of aryl methyl sites for hydroxylation is 1. The highest BCUT2D eigenvalue weighted by Crippen LogP contribution is 2.31. The molecule has 5 rings (SSSR count). The summed E-state index contributed by atoms with van der Waals surface area (Å²) in [5, 5.41) is 4.63. The summed E-state index contributed by atoms with van der Waals surface area (Å²) in [5.41, 5.74) is 9.99. The molecule has 0 saturated carbocycles. The van der Waals surface area contributed by atoms with E-state index in [1.165, 1.54) is 18.0 Å². The number of morpholine rings is 1. The molecular formula is C26H27N5O2. The highest BCUT2D eigenvalue weighted by molar-refractivity contribution is 6.08. The van der Waals surface area contributed by atoms with Crippen molar-refractivity contribution in [1.82, 2.24) is 9.78 Å². The molecule has 1 aromatic heterocycles. The first-order valence-electron chi connectivity index (χ1n) is 11.2. The Morgan fingerprint density at radius 1 is 1.12 bits per heavy atom. The Hall–Kier alpha value is -3.71. The zero-order chi connectivity index (χ0) is 22.8. The number of anilines is 1. The Morgan fingerprint density at radius 2 is 1.88 bits per heavy atom. The Bertz CT molecular complexity index is 1250. The number of fused-ring (bicyclic) bond motifs is 2. The fourth-order valence-electron chi connectivity index (χ4n) is 4.54. The van der Waals surface area contributed by atoms with Crippen LogP contribution in [-0.2, 0) is 4.74 Å². The summed E-state index contributed by atoms with van der Waals surface area (Å²) in [6, 6.07) is 17.3. The van der Waals surface area contributed by atoms with Gasteiger partial charge < -0.3 is 15.4 Å². The molecule has 2 aliphatic heterocycles. The second-order valence-electron chi connectivity index (χ2n) is 8.50. The number of para-hydroxylation sites is 1. The van der Waals surface area contributed by atoms with E-state index in [-0.39, 0.29) is 11.1 Å². The number of aromatic nitrogens is 2. The number of aliphatic imine (C=N–C) groups is 1. The highest BCUT2D eigenvalue weighted by atomic mass is 16.5. The van der Waals surface area contributed by atoms with Crippen LogP contribution in [0.25, 0.3) is 5.69 Å². The third kappa shape index (κ3) is 4.45. The number of hydrogen-bond acceptors (Lipinski definition) is 6. The largest absolute Gasteiger partial charge is 0.405 e. The van der Waals surface area contributed by atoms with Crippen LogP contribution in [0.5, 0.6) is 0 Å². The average Bonchev–Trinajstić information content (AvgIpc) is 3.17. The lowest BCUT2D eigenvalue weighted by Gasteiger charge is -2.34. The molecule has 7 nitrogen and oxygen atoms in total. The first-order valence-corrected chi connectivity index (χ1v) is 11.2. The first-order chi connectivity index (χ1) is 16.1. The van der Waals surface area contributed by atoms with Crippen molar-refractivity contribution in [1.29, 1.82) is 0 Å². The molecule has 0 amide bonds. The molecule has 2 aromatic carbocycles. The van der Waals surface area contributed by atoms with Gasteiger partial charge in [0.2, 0.25) is 5.43 Å². The van der Waals surface area contributed by atoms with E-state index < -0.39 is 0 Å². The van der Waals surface area contributed by atoms with E-state index in [0.29, 0.717) is 17.9 Å². The first kappa shape index (κ1) is 21.2. The molecule has 2 atom stereocenters. The van der Waals surface area contributed by atoms with Gasteiger partial charge in [-0.25, -0.2) is 9.67 Å². The second kappa shape index (κ2) is 9.03. The van der Waals surface area contributed by atoms with Gasteiger partial charge in [0.15, 0.2) is 5.69 Å². The van der Waals surface area contributed by atoms with Crippen molar-refractivity contribution in [3.63, 3.8) is 0 Å². The molecular weight excluding hydrogens is 414 g/mol. The third-order valence-electron chi connectivity index (χ3n) is 6.15. The molecule has 7 heteroatoms. The van der Waals surface area contributed by atoms with Crippen LogP contribution < -0.4 is 16.1 Å². The molecule has 168 valence electrons. The van der Waals surface area contributed by atoms with Gasteiger partial charge in [-0.05, 0) is 67.9 Å². The minimum atomic E-state index is -0.211. The number of ether oxygens (including phenoxy) is 1. The minimum Gasteiger partial charge on any atom is -0.405 e. The van der Waals surface area contributed by atoms with Gasteiger partial charge in [0.25, 0.3) is 0 Å². The van der Waals surface area contributed by atoms with Gasteiger partial charge in [-0.3, -0.25) is 4.79 Å². The Labute approximate surface area is 192 Å². The van der Waals surface area contributed by atoms with E-state index >= 15 is 0 Å². The molecule has 2 N–H and O–H groups in total. The SMILES string of the molecule is Cc1cc(N2CC3CCC(C2)O3)ccc1-n1ccc(=O)c(C(C=CN)=Nc2ccccc2)n1. The number of benzene rings is 2. The van der Waals surface area contributed by atoms with Crippen molar-refractivity contribution in [3.8, 4) is 5.69 Å². The maximum Gasteiger partial charge on any atom is 0.209 e. The van der Waals surface area contributed by atoms with Gasteiger partial charge in [-0.15, -0.1) is 0 Å². The van der Waals surface area contributed by atoms with E-state index in [2.05, 4.69) is 40.1 Å². The van der Waals surface area contributed by atoms with E-state index in [0.717, 1.165) is 42.9 Å². The lowest BCUT2D eigenvalue weighted by Crippen LogP contribution is -2.42. The molecule has 3 aromatic rings. The maximum absolute atomic E-state index is 12.7. The average molecular weight is 442 g/mol. The summed E-state index contributed by atoms with van der Waals surface area (Å²) >= 11 is 0. The number of allylic oxidation sites excluding steroid dienone is 1. The number of nitrogens with two attached hydrogens (primary N) is 1. The molecule has 3 heterocycles. The topological polar surface area (TPSA) is 85.7 Å². The lowest BCUT2D eigenvalue weighted by molar-refractivity contribution is 0.0305. The van der Waals surface area contributed by atoms with Crippen LogP contribution in [0, 0.1) is 6.92 Å². The van der Waals surface area contributed by atoms with Gasteiger partial charge in [-0.2, -0.15) is 5.10 Å². The minimum absolute atomic E-state index is 0.211. The molecule has 2 saturated heterocycles. The van der Waals surface area contributed by atoms with Crippen LogP contribution in [0.4, 0.5) is 11.4 Å². The van der Waals surface area contributed by atoms with Gasteiger partial charge in [0.05, 0.1) is 29.3 Å². The summed E-state index contributed by atoms with van der Waals surface area (Å²) in [5.74, 6) is 0. The van der Waals surface area contributed by atoms with Gasteiger partial charge in [0.1, 0.15) is 0 Å². The van der Waals surface area contributed by atoms with Gasteiger partial charge >= 0.3 is 0 Å². The molecule has 2 unspecified atom stereocenters. The lowest BCUT2D eigenvalue weighted by atomic mass is 10.1. The molecule has 2 fully saturated rings. The van der Waals surface area contributed by atoms with Crippen LogP contribution >= 0.6 is 0 Å². The molecule has 0 radical (unpaired) electrons. The summed E-state index contributed by atoms with van der Waals surface area (Å²) in [6.07, 6.45) is 7.63. The van der Waals surface area contributed by atoms with Crippen LogP contribution in [0.2, 0.25) is 0 Å². The van der Waals surface area contributed by atoms with Crippen LogP contribution in [0.15, 0.2) is 82.9 Å². The quantitative estimate of drug-likeness (QED) is 0.613. The standard InChI is InChI=1S/C26H27N5O2/c1-18-15-20(30-16-21-8-9-22(17-30)33-21)7-10-24(18)31-14-12-25(32)26(29-31)23(11-13-27)28-19-5-3-2-4-6-19/h2-7,10-15,21-22H,8-9,16-17,27H2,1H3. The maximum atomic E-state index is 12.7. The van der Waals surface area contributed by atoms with Crippen LogP contribution in [-0.4, -0.2) is 40.8 Å². The van der Waals surface area contributed by atoms with Gasteiger partial charge in [-0.1, -0.05) is 18.2 Å². The van der Waals surface area contributed by atoms with Crippen molar-refractivity contribution in [2.75, 3.05) is 18.0 Å². The van der Waals surface area contributed by atoms with Crippen molar-refractivity contribution in [3.05, 3.63) is 94.6 Å². The summed E-state index contributed by atoms with van der Waals surface area (Å²) in [6.45, 7) is 3.92. The third-order valence-corrected chi connectivity index (χ3v) is 6.15.